The lowest BCUT2D eigenvalue weighted by molar-refractivity contribution is 0.101. The Morgan fingerprint density at radius 3 is 2.55 bits per heavy atom. The van der Waals surface area contributed by atoms with Crippen LogP contribution in [0.4, 0.5) is 0 Å². The molecule has 0 bridgehead atoms. The van der Waals surface area contributed by atoms with Crippen LogP contribution in [0.3, 0.4) is 0 Å². The second kappa shape index (κ2) is 6.17. The van der Waals surface area contributed by atoms with Crippen molar-refractivity contribution in [2.24, 2.45) is 0 Å². The van der Waals surface area contributed by atoms with Crippen molar-refractivity contribution in [1.82, 2.24) is 25.1 Å². The Balaban J connectivity index is 1.55. The van der Waals surface area contributed by atoms with Gasteiger partial charge in [0.05, 0.1) is 17.9 Å². The van der Waals surface area contributed by atoms with Crippen LogP contribution in [0.5, 0.6) is 0 Å². The van der Waals surface area contributed by atoms with E-state index in [1.165, 1.54) is 0 Å². The fraction of sp³-hybridized carbons (Fsp3) is 0.400. The monoisotopic (exact) mass is 271 g/mol. The number of likely N-dealkylation sites (N-methyl/N-ethyl adjacent to an activating group) is 1. The van der Waals surface area contributed by atoms with Crippen LogP contribution in [0.2, 0.25) is 0 Å². The van der Waals surface area contributed by atoms with Crippen LogP contribution in [0.25, 0.3) is 5.69 Å². The van der Waals surface area contributed by atoms with Crippen LogP contribution < -0.4 is 5.43 Å². The van der Waals surface area contributed by atoms with Crippen molar-refractivity contribution in [3.05, 3.63) is 48.3 Å². The Kier molecular flexibility index (Phi) is 4.11. The van der Waals surface area contributed by atoms with Crippen molar-refractivity contribution in [3.8, 4) is 5.69 Å². The van der Waals surface area contributed by atoms with Crippen molar-refractivity contribution in [2.75, 3.05) is 33.2 Å². The number of hydrogen-bond acceptors (Lipinski definition) is 4. The Morgan fingerprint density at radius 1 is 1.05 bits per heavy atom. The average molecular weight is 271 g/mol. The number of hydrazine groups is 1. The predicted octanol–water partition coefficient (Wildman–Crippen LogP) is 1.12. The summed E-state index contributed by atoms with van der Waals surface area (Å²) in [5, 5.41) is 6.88. The molecule has 0 aliphatic carbocycles. The minimum atomic E-state index is 0.781. The van der Waals surface area contributed by atoms with Crippen molar-refractivity contribution in [1.29, 1.82) is 0 Å². The van der Waals surface area contributed by atoms with E-state index in [2.05, 4.69) is 45.7 Å². The molecule has 1 fully saturated rings. The van der Waals surface area contributed by atoms with Crippen LogP contribution in [0.1, 0.15) is 5.69 Å². The van der Waals surface area contributed by atoms with Gasteiger partial charge in [0.15, 0.2) is 0 Å². The van der Waals surface area contributed by atoms with Crippen molar-refractivity contribution >= 4 is 0 Å². The van der Waals surface area contributed by atoms with Crippen LogP contribution in [0, 0.1) is 0 Å². The first-order valence-corrected chi connectivity index (χ1v) is 7.08. The lowest BCUT2D eigenvalue weighted by Crippen LogP contribution is -2.50. The SMILES string of the molecule is CN1CCN(NCc2ccn(-c3ccccc3)n2)CC1. The van der Waals surface area contributed by atoms with Crippen LogP contribution in [0.15, 0.2) is 42.6 Å². The third-order valence-corrected chi connectivity index (χ3v) is 3.65. The van der Waals surface area contributed by atoms with E-state index in [0.29, 0.717) is 0 Å². The topological polar surface area (TPSA) is 36.3 Å². The molecule has 2 aromatic rings. The Labute approximate surface area is 119 Å². The van der Waals surface area contributed by atoms with E-state index in [1.54, 1.807) is 0 Å². The van der Waals surface area contributed by atoms with Crippen LogP contribution in [-0.2, 0) is 6.54 Å². The van der Waals surface area contributed by atoms with E-state index in [-0.39, 0.29) is 0 Å². The number of nitrogens with one attached hydrogen (secondary N) is 1. The van der Waals surface area contributed by atoms with E-state index in [4.69, 9.17) is 0 Å². The summed E-state index contributed by atoms with van der Waals surface area (Å²) in [5.41, 5.74) is 5.61. The van der Waals surface area contributed by atoms with Crippen molar-refractivity contribution in [2.45, 2.75) is 6.54 Å². The van der Waals surface area contributed by atoms with Crippen molar-refractivity contribution in [3.63, 3.8) is 0 Å². The number of aromatic nitrogens is 2. The Bertz CT molecular complexity index is 528. The second-order valence-electron chi connectivity index (χ2n) is 5.21. The minimum absolute atomic E-state index is 0.781. The molecular weight excluding hydrogens is 250 g/mol. The van der Waals surface area contributed by atoms with E-state index in [9.17, 15) is 0 Å². The number of nitrogens with zero attached hydrogens (tertiary/aromatic N) is 4. The van der Waals surface area contributed by atoms with Gasteiger partial charge in [-0.25, -0.2) is 15.1 Å². The molecule has 1 aromatic heterocycles. The molecule has 20 heavy (non-hydrogen) atoms. The highest BCUT2D eigenvalue weighted by Gasteiger charge is 2.13. The maximum atomic E-state index is 4.60. The third-order valence-electron chi connectivity index (χ3n) is 3.65. The van der Waals surface area contributed by atoms with E-state index >= 15 is 0 Å². The van der Waals surface area contributed by atoms with Crippen LogP contribution in [-0.4, -0.2) is 52.9 Å². The van der Waals surface area contributed by atoms with Gasteiger partial charge in [0, 0.05) is 32.4 Å². The molecule has 1 aromatic carbocycles. The first-order valence-electron chi connectivity index (χ1n) is 7.08. The largest absolute Gasteiger partial charge is 0.304 e. The molecule has 5 nitrogen and oxygen atoms in total. The molecule has 0 radical (unpaired) electrons. The van der Waals surface area contributed by atoms with E-state index in [0.717, 1.165) is 44.1 Å². The average Bonchev–Trinajstić information content (AvgIpc) is 2.97. The normalized spacial score (nSPS) is 17.4. The van der Waals surface area contributed by atoms with E-state index in [1.807, 2.05) is 29.1 Å². The first kappa shape index (κ1) is 13.3. The summed E-state index contributed by atoms with van der Waals surface area (Å²) in [6.07, 6.45) is 2.01. The highest BCUT2D eigenvalue weighted by molar-refractivity contribution is 5.30. The number of hydrogen-bond donors (Lipinski definition) is 1. The molecular formula is C15H21N5. The van der Waals surface area contributed by atoms with Crippen LogP contribution >= 0.6 is 0 Å². The first-order chi connectivity index (χ1) is 9.81. The maximum absolute atomic E-state index is 4.60. The standard InChI is InChI=1S/C15H21N5/c1-18-9-11-19(12-10-18)16-13-14-7-8-20(17-14)15-5-3-2-4-6-15/h2-8,16H,9-13H2,1H3. The highest BCUT2D eigenvalue weighted by atomic mass is 15.5. The van der Waals surface area contributed by atoms with Gasteiger partial charge in [-0.2, -0.15) is 5.10 Å². The molecule has 0 saturated carbocycles. The molecule has 1 aliphatic rings. The van der Waals surface area contributed by atoms with Gasteiger partial charge in [0.25, 0.3) is 0 Å². The van der Waals surface area contributed by atoms with Gasteiger partial charge >= 0.3 is 0 Å². The zero-order valence-electron chi connectivity index (χ0n) is 11.9. The summed E-state index contributed by atoms with van der Waals surface area (Å²) in [6.45, 7) is 5.15. The number of rotatable bonds is 4. The number of piperazine rings is 1. The molecule has 2 heterocycles. The van der Waals surface area contributed by atoms with Gasteiger partial charge in [-0.05, 0) is 25.2 Å². The Hall–Kier alpha value is -1.69. The zero-order valence-corrected chi connectivity index (χ0v) is 11.9. The highest BCUT2D eigenvalue weighted by Crippen LogP contribution is 2.07. The Morgan fingerprint density at radius 2 is 1.80 bits per heavy atom. The summed E-state index contributed by atoms with van der Waals surface area (Å²) in [5.74, 6) is 0. The molecule has 1 N–H and O–H groups in total. The predicted molar refractivity (Wildman–Crippen MR) is 79.5 cm³/mol. The van der Waals surface area contributed by atoms with Crippen molar-refractivity contribution < 1.29 is 0 Å². The second-order valence-corrected chi connectivity index (χ2v) is 5.21. The third kappa shape index (κ3) is 3.25. The molecule has 1 aliphatic heterocycles. The molecule has 5 heteroatoms. The van der Waals surface area contributed by atoms with E-state index < -0.39 is 0 Å². The summed E-state index contributed by atoms with van der Waals surface area (Å²) in [6, 6.07) is 12.3. The number of benzene rings is 1. The molecule has 0 unspecified atom stereocenters. The minimum Gasteiger partial charge on any atom is -0.304 e. The lowest BCUT2D eigenvalue weighted by atomic mass is 10.3. The molecule has 3 rings (SSSR count). The molecule has 0 atom stereocenters. The van der Waals surface area contributed by atoms with Gasteiger partial charge in [0.1, 0.15) is 0 Å². The number of para-hydroxylation sites is 1. The molecule has 1 saturated heterocycles. The van der Waals surface area contributed by atoms with Gasteiger partial charge in [-0.15, -0.1) is 0 Å². The fourth-order valence-electron chi connectivity index (χ4n) is 2.34. The van der Waals surface area contributed by atoms with Gasteiger partial charge in [-0.3, -0.25) is 0 Å². The summed E-state index contributed by atoms with van der Waals surface area (Å²) >= 11 is 0. The quantitative estimate of drug-likeness (QED) is 0.904. The lowest BCUT2D eigenvalue weighted by Gasteiger charge is -2.32. The summed E-state index contributed by atoms with van der Waals surface area (Å²) in [4.78, 5) is 2.35. The van der Waals surface area contributed by atoms with Gasteiger partial charge in [-0.1, -0.05) is 18.2 Å². The molecule has 106 valence electrons. The van der Waals surface area contributed by atoms with Gasteiger partial charge < -0.3 is 4.90 Å². The smallest absolute Gasteiger partial charge is 0.0781 e. The maximum Gasteiger partial charge on any atom is 0.0781 e. The van der Waals surface area contributed by atoms with Gasteiger partial charge in [0.2, 0.25) is 0 Å². The fourth-order valence-corrected chi connectivity index (χ4v) is 2.34. The zero-order chi connectivity index (χ0) is 13.8. The molecule has 0 amide bonds. The summed E-state index contributed by atoms with van der Waals surface area (Å²) < 4.78 is 1.92. The molecule has 0 spiro atoms. The summed E-state index contributed by atoms with van der Waals surface area (Å²) in [7, 11) is 2.17.